The summed E-state index contributed by atoms with van der Waals surface area (Å²) < 4.78 is 1.51. The van der Waals surface area contributed by atoms with Crippen molar-refractivity contribution in [3.05, 3.63) is 42.2 Å². The van der Waals surface area contributed by atoms with Gasteiger partial charge in [0.1, 0.15) is 6.20 Å². The quantitative estimate of drug-likeness (QED) is 0.755. The molecule has 0 amide bonds. The molecule has 0 aliphatic rings. The Morgan fingerprint density at radius 3 is 2.57 bits per heavy atom. The topological polar surface area (TPSA) is 68.0 Å². The molecule has 0 saturated heterocycles. The lowest BCUT2D eigenvalue weighted by Crippen LogP contribution is -1.98. The second-order valence-electron chi connectivity index (χ2n) is 2.64. The molecule has 0 aliphatic carbocycles. The van der Waals surface area contributed by atoms with E-state index in [4.69, 9.17) is 5.11 Å². The van der Waals surface area contributed by atoms with Gasteiger partial charge in [0.05, 0.1) is 17.4 Å². The van der Waals surface area contributed by atoms with E-state index in [1.807, 2.05) is 0 Å². The zero-order valence-corrected chi connectivity index (χ0v) is 7.08. The fourth-order valence-electron chi connectivity index (χ4n) is 1.06. The second kappa shape index (κ2) is 3.29. The van der Waals surface area contributed by atoms with Gasteiger partial charge in [0.15, 0.2) is 0 Å². The summed E-state index contributed by atoms with van der Waals surface area (Å²) in [7, 11) is 0. The molecule has 0 atom stereocenters. The Balaban J connectivity index is 2.36. The normalized spacial score (nSPS) is 10.0. The fraction of sp³-hybridized carbons (Fsp3) is 0. The Morgan fingerprint density at radius 2 is 2.07 bits per heavy atom. The number of hydrogen-bond acceptors (Lipinski definition) is 3. The van der Waals surface area contributed by atoms with E-state index in [0.717, 1.165) is 5.69 Å². The summed E-state index contributed by atoms with van der Waals surface area (Å²) in [5.41, 5.74) is 1.00. The van der Waals surface area contributed by atoms with Crippen LogP contribution in [0.1, 0.15) is 10.4 Å². The Labute approximate surface area is 79.6 Å². The van der Waals surface area contributed by atoms with Gasteiger partial charge in [0.25, 0.3) is 0 Å². The van der Waals surface area contributed by atoms with Crippen molar-refractivity contribution in [3.8, 4) is 5.69 Å². The lowest BCUT2D eigenvalue weighted by Gasteiger charge is -1.99. The largest absolute Gasteiger partial charge is 0.478 e. The minimum atomic E-state index is -0.943. The van der Waals surface area contributed by atoms with Gasteiger partial charge in [0, 0.05) is 0 Å². The maximum Gasteiger partial charge on any atom is 0.335 e. The average molecular weight is 188 g/mol. The van der Waals surface area contributed by atoms with Crippen molar-refractivity contribution in [2.75, 3.05) is 0 Å². The predicted molar refractivity (Wildman–Crippen MR) is 47.2 cm³/mol. The van der Waals surface area contributed by atoms with E-state index in [1.54, 1.807) is 18.3 Å². The first-order valence-electron chi connectivity index (χ1n) is 3.89. The Morgan fingerprint density at radius 1 is 1.36 bits per heavy atom. The van der Waals surface area contributed by atoms with Crippen molar-refractivity contribution in [1.82, 2.24) is 15.0 Å². The molecule has 69 valence electrons. The van der Waals surface area contributed by atoms with Crippen LogP contribution in [0.3, 0.4) is 0 Å². The van der Waals surface area contributed by atoms with Crippen molar-refractivity contribution in [3.63, 3.8) is 0 Å². The van der Waals surface area contributed by atoms with E-state index in [2.05, 4.69) is 16.5 Å². The number of nitrogens with zero attached hydrogens (tertiary/aromatic N) is 3. The van der Waals surface area contributed by atoms with Crippen LogP contribution in [-0.4, -0.2) is 26.1 Å². The molecule has 1 N–H and O–H groups in total. The monoisotopic (exact) mass is 188 g/mol. The third kappa shape index (κ3) is 1.47. The van der Waals surface area contributed by atoms with Crippen LogP contribution in [0.5, 0.6) is 0 Å². The molecule has 0 bridgehead atoms. The van der Waals surface area contributed by atoms with Crippen LogP contribution in [-0.2, 0) is 0 Å². The van der Waals surface area contributed by atoms with Gasteiger partial charge in [-0.1, -0.05) is 5.21 Å². The van der Waals surface area contributed by atoms with Gasteiger partial charge in [0.2, 0.25) is 0 Å². The fourth-order valence-corrected chi connectivity index (χ4v) is 1.06. The molecule has 0 unspecified atom stereocenters. The SMILES string of the molecule is O=C(O)c1ccc(-n2c[c]nn2)cc1. The molecule has 5 heteroatoms. The van der Waals surface area contributed by atoms with Gasteiger partial charge >= 0.3 is 5.97 Å². The van der Waals surface area contributed by atoms with Gasteiger partial charge in [-0.3, -0.25) is 0 Å². The molecule has 1 aromatic heterocycles. The predicted octanol–water partition coefficient (Wildman–Crippen LogP) is 0.766. The Hall–Kier alpha value is -2.17. The molecular weight excluding hydrogens is 182 g/mol. The number of aromatic nitrogens is 3. The van der Waals surface area contributed by atoms with E-state index >= 15 is 0 Å². The number of benzene rings is 1. The highest BCUT2D eigenvalue weighted by Gasteiger charge is 2.02. The van der Waals surface area contributed by atoms with E-state index in [9.17, 15) is 4.79 Å². The minimum Gasteiger partial charge on any atom is -0.478 e. The van der Waals surface area contributed by atoms with Crippen molar-refractivity contribution >= 4 is 5.97 Å². The molecule has 0 aliphatic heterocycles. The summed E-state index contributed by atoms with van der Waals surface area (Å²) in [4.78, 5) is 10.6. The zero-order valence-electron chi connectivity index (χ0n) is 7.08. The van der Waals surface area contributed by atoms with Crippen molar-refractivity contribution in [1.29, 1.82) is 0 Å². The number of carboxylic acids is 1. The Bertz CT molecular complexity index is 434. The third-order valence-corrected chi connectivity index (χ3v) is 1.76. The van der Waals surface area contributed by atoms with Crippen LogP contribution in [0.2, 0.25) is 0 Å². The van der Waals surface area contributed by atoms with Crippen LogP contribution in [0, 0.1) is 6.20 Å². The van der Waals surface area contributed by atoms with Crippen molar-refractivity contribution in [2.45, 2.75) is 0 Å². The first kappa shape index (κ1) is 8.43. The average Bonchev–Trinajstić information content (AvgIpc) is 2.71. The molecule has 1 aromatic carbocycles. The van der Waals surface area contributed by atoms with Crippen LogP contribution < -0.4 is 0 Å². The summed E-state index contributed by atoms with van der Waals surface area (Å²) in [6, 6.07) is 6.34. The molecule has 0 spiro atoms. The number of hydrogen-bond donors (Lipinski definition) is 1. The van der Waals surface area contributed by atoms with Gasteiger partial charge in [-0.25, -0.2) is 9.48 Å². The third-order valence-electron chi connectivity index (χ3n) is 1.76. The summed E-state index contributed by atoms with van der Waals surface area (Å²) in [5, 5.41) is 15.9. The number of aromatic carboxylic acids is 1. The second-order valence-corrected chi connectivity index (χ2v) is 2.64. The Kier molecular flexibility index (Phi) is 1.98. The lowest BCUT2D eigenvalue weighted by molar-refractivity contribution is 0.0697. The van der Waals surface area contributed by atoms with Gasteiger partial charge in [-0.2, -0.15) is 0 Å². The number of rotatable bonds is 2. The van der Waals surface area contributed by atoms with Crippen molar-refractivity contribution < 1.29 is 9.90 Å². The van der Waals surface area contributed by atoms with Crippen LogP contribution in [0.25, 0.3) is 5.69 Å². The maximum atomic E-state index is 10.6. The molecular formula is C9H6N3O2. The first-order chi connectivity index (χ1) is 6.77. The molecule has 1 radical (unpaired) electrons. The highest BCUT2D eigenvalue weighted by molar-refractivity contribution is 5.87. The molecule has 2 rings (SSSR count). The molecule has 0 fully saturated rings. The molecule has 1 heterocycles. The summed E-state index contributed by atoms with van der Waals surface area (Å²) in [5.74, 6) is -0.943. The summed E-state index contributed by atoms with van der Waals surface area (Å²) in [6.45, 7) is 0. The van der Waals surface area contributed by atoms with Crippen LogP contribution in [0.15, 0.2) is 30.5 Å². The van der Waals surface area contributed by atoms with E-state index < -0.39 is 5.97 Å². The van der Waals surface area contributed by atoms with Gasteiger partial charge in [-0.05, 0) is 24.3 Å². The van der Waals surface area contributed by atoms with Crippen LogP contribution in [0.4, 0.5) is 0 Å². The highest BCUT2D eigenvalue weighted by Crippen LogP contribution is 2.07. The molecule has 5 nitrogen and oxygen atoms in total. The highest BCUT2D eigenvalue weighted by atomic mass is 16.4. The molecule has 0 saturated carbocycles. The smallest absolute Gasteiger partial charge is 0.335 e. The number of carbonyl (C=O) groups is 1. The van der Waals surface area contributed by atoms with Crippen LogP contribution >= 0.6 is 0 Å². The van der Waals surface area contributed by atoms with E-state index in [0.29, 0.717) is 0 Å². The van der Waals surface area contributed by atoms with E-state index in [-0.39, 0.29) is 5.56 Å². The summed E-state index contributed by atoms with van der Waals surface area (Å²) in [6.07, 6.45) is 4.12. The lowest BCUT2D eigenvalue weighted by atomic mass is 10.2. The van der Waals surface area contributed by atoms with Crippen molar-refractivity contribution in [2.24, 2.45) is 0 Å². The summed E-state index contributed by atoms with van der Waals surface area (Å²) >= 11 is 0. The number of carboxylic acid groups (broad SMARTS) is 1. The molecule has 2 aromatic rings. The minimum absolute atomic E-state index is 0.248. The molecule has 14 heavy (non-hydrogen) atoms. The first-order valence-corrected chi connectivity index (χ1v) is 3.89. The van der Waals surface area contributed by atoms with Gasteiger partial charge < -0.3 is 5.11 Å². The zero-order chi connectivity index (χ0) is 9.97. The van der Waals surface area contributed by atoms with Gasteiger partial charge in [-0.15, -0.1) is 5.10 Å². The van der Waals surface area contributed by atoms with E-state index in [1.165, 1.54) is 16.8 Å². The standard InChI is InChI=1S/C9H6N3O2/c13-9(14)7-1-3-8(4-2-7)12-6-5-10-11-12/h1-4,6H,(H,13,14). The maximum absolute atomic E-state index is 10.6.